The van der Waals surface area contributed by atoms with E-state index in [0.717, 1.165) is 0 Å². The zero-order valence-corrected chi connectivity index (χ0v) is 11.3. The summed E-state index contributed by atoms with van der Waals surface area (Å²) in [7, 11) is 0. The minimum Gasteiger partial charge on any atom is -0.386 e. The van der Waals surface area contributed by atoms with E-state index in [1.165, 1.54) is 31.2 Å². The lowest BCUT2D eigenvalue weighted by atomic mass is 10.0. The molecule has 0 aliphatic carbocycles. The third kappa shape index (κ3) is 4.18. The van der Waals surface area contributed by atoms with Gasteiger partial charge in [0.1, 0.15) is 5.38 Å². The van der Waals surface area contributed by atoms with Crippen LogP contribution in [0.15, 0.2) is 24.3 Å². The smallest absolute Gasteiger partial charge is 0.269 e. The summed E-state index contributed by atoms with van der Waals surface area (Å²) in [5, 5.41) is 22.4. The van der Waals surface area contributed by atoms with E-state index in [1.54, 1.807) is 6.92 Å². The molecule has 0 aliphatic rings. The van der Waals surface area contributed by atoms with Crippen molar-refractivity contribution in [3.05, 3.63) is 39.9 Å². The molecule has 1 amide bonds. The Bertz CT molecular complexity index is 461. The van der Waals surface area contributed by atoms with Crippen LogP contribution >= 0.6 is 11.6 Å². The second-order valence-electron chi connectivity index (χ2n) is 4.21. The van der Waals surface area contributed by atoms with Crippen molar-refractivity contribution in [1.82, 2.24) is 5.32 Å². The first-order valence-electron chi connectivity index (χ1n) is 5.69. The van der Waals surface area contributed by atoms with Crippen molar-refractivity contribution in [2.45, 2.75) is 31.4 Å². The average Bonchev–Trinajstić information content (AvgIpc) is 2.37. The Labute approximate surface area is 115 Å². The molecular weight excluding hydrogens is 272 g/mol. The number of non-ortho nitro benzene ring substituents is 1. The number of alkyl halides is 1. The molecule has 0 fully saturated rings. The van der Waals surface area contributed by atoms with Gasteiger partial charge >= 0.3 is 0 Å². The Balaban J connectivity index is 2.73. The average molecular weight is 287 g/mol. The Hall–Kier alpha value is -1.66. The molecule has 0 spiro atoms. The predicted octanol–water partition coefficient (Wildman–Crippen LogP) is 1.76. The van der Waals surface area contributed by atoms with Crippen LogP contribution in [0.5, 0.6) is 0 Å². The monoisotopic (exact) mass is 286 g/mol. The molecule has 104 valence electrons. The second-order valence-corrected chi connectivity index (χ2v) is 4.86. The number of amides is 1. The highest BCUT2D eigenvalue weighted by molar-refractivity contribution is 6.30. The van der Waals surface area contributed by atoms with Gasteiger partial charge in [-0.2, -0.15) is 0 Å². The lowest BCUT2D eigenvalue weighted by Gasteiger charge is -2.21. The molecule has 0 saturated carbocycles. The van der Waals surface area contributed by atoms with Gasteiger partial charge in [-0.15, -0.1) is 11.6 Å². The van der Waals surface area contributed by atoms with Gasteiger partial charge in [0.25, 0.3) is 5.69 Å². The second kappa shape index (κ2) is 6.49. The van der Waals surface area contributed by atoms with E-state index in [9.17, 15) is 20.0 Å². The van der Waals surface area contributed by atoms with E-state index >= 15 is 0 Å². The Kier molecular flexibility index (Phi) is 5.26. The van der Waals surface area contributed by atoms with Crippen LogP contribution in [0.4, 0.5) is 5.69 Å². The van der Waals surface area contributed by atoms with Crippen molar-refractivity contribution in [2.75, 3.05) is 0 Å². The standard InChI is InChI=1S/C12H15ClN2O4/c1-7(13)12(17)14-8(2)11(16)9-3-5-10(6-4-9)15(18)19/h3-8,11,16H,1-2H3,(H,14,17)/t7?,8-,11?/m1/s1. The van der Waals surface area contributed by atoms with Crippen molar-refractivity contribution in [1.29, 1.82) is 0 Å². The van der Waals surface area contributed by atoms with Crippen LogP contribution in [0.1, 0.15) is 25.5 Å². The number of nitrogens with zero attached hydrogens (tertiary/aromatic N) is 1. The number of nitrogens with one attached hydrogen (secondary N) is 1. The number of halogens is 1. The van der Waals surface area contributed by atoms with Crippen molar-refractivity contribution in [3.8, 4) is 0 Å². The molecule has 0 aromatic heterocycles. The molecule has 1 aromatic carbocycles. The molecule has 0 heterocycles. The third-order valence-corrected chi connectivity index (χ3v) is 2.85. The summed E-state index contributed by atoms with van der Waals surface area (Å²) < 4.78 is 0. The highest BCUT2D eigenvalue weighted by atomic mass is 35.5. The number of aliphatic hydroxyl groups is 1. The first-order chi connectivity index (χ1) is 8.82. The SMILES string of the molecule is CC(Cl)C(=O)N[C@H](C)C(O)c1ccc([N+](=O)[O-])cc1. The summed E-state index contributed by atoms with van der Waals surface area (Å²) in [4.78, 5) is 21.4. The van der Waals surface area contributed by atoms with Crippen LogP contribution in [0.25, 0.3) is 0 Å². The zero-order chi connectivity index (χ0) is 14.6. The van der Waals surface area contributed by atoms with Crippen molar-refractivity contribution >= 4 is 23.2 Å². The number of nitro groups is 1. The number of benzene rings is 1. The molecule has 0 radical (unpaired) electrons. The van der Waals surface area contributed by atoms with E-state index in [2.05, 4.69) is 5.32 Å². The lowest BCUT2D eigenvalue weighted by Crippen LogP contribution is -2.40. The molecule has 7 heteroatoms. The molecule has 3 atom stereocenters. The van der Waals surface area contributed by atoms with Crippen LogP contribution < -0.4 is 5.32 Å². The summed E-state index contributed by atoms with van der Waals surface area (Å²) in [5.41, 5.74) is 0.433. The zero-order valence-electron chi connectivity index (χ0n) is 10.5. The summed E-state index contributed by atoms with van der Waals surface area (Å²) in [6, 6.07) is 4.97. The van der Waals surface area contributed by atoms with Crippen molar-refractivity contribution in [2.24, 2.45) is 0 Å². The number of hydrogen-bond donors (Lipinski definition) is 2. The number of rotatable bonds is 5. The number of nitro benzene ring substituents is 1. The summed E-state index contributed by atoms with van der Waals surface area (Å²) in [6.07, 6.45) is -0.958. The Morgan fingerprint density at radius 3 is 2.32 bits per heavy atom. The van der Waals surface area contributed by atoms with Gasteiger partial charge in [0, 0.05) is 12.1 Å². The lowest BCUT2D eigenvalue weighted by molar-refractivity contribution is -0.384. The fraction of sp³-hybridized carbons (Fsp3) is 0.417. The largest absolute Gasteiger partial charge is 0.386 e. The molecule has 2 N–H and O–H groups in total. The minimum atomic E-state index is -0.958. The van der Waals surface area contributed by atoms with Crippen LogP contribution in [0, 0.1) is 10.1 Å². The third-order valence-electron chi connectivity index (χ3n) is 2.65. The van der Waals surface area contributed by atoms with Gasteiger partial charge in [-0.25, -0.2) is 0 Å². The van der Waals surface area contributed by atoms with Gasteiger partial charge in [-0.3, -0.25) is 14.9 Å². The van der Waals surface area contributed by atoms with Crippen LogP contribution in [0.2, 0.25) is 0 Å². The van der Waals surface area contributed by atoms with E-state index in [4.69, 9.17) is 11.6 Å². The predicted molar refractivity (Wildman–Crippen MR) is 71.0 cm³/mol. The first-order valence-corrected chi connectivity index (χ1v) is 6.13. The Morgan fingerprint density at radius 1 is 1.37 bits per heavy atom. The van der Waals surface area contributed by atoms with E-state index in [-0.39, 0.29) is 11.6 Å². The first kappa shape index (κ1) is 15.4. The Morgan fingerprint density at radius 2 is 1.89 bits per heavy atom. The summed E-state index contributed by atoms with van der Waals surface area (Å²) in [5.74, 6) is -0.380. The molecule has 1 rings (SSSR count). The molecule has 1 aromatic rings. The maximum absolute atomic E-state index is 11.4. The summed E-state index contributed by atoms with van der Waals surface area (Å²) in [6.45, 7) is 3.16. The number of aliphatic hydroxyl groups excluding tert-OH is 1. The molecule has 0 aliphatic heterocycles. The van der Waals surface area contributed by atoms with E-state index < -0.39 is 22.4 Å². The molecule has 0 saturated heterocycles. The topological polar surface area (TPSA) is 92.5 Å². The molecule has 0 bridgehead atoms. The molecule has 2 unspecified atom stereocenters. The molecule has 6 nitrogen and oxygen atoms in total. The van der Waals surface area contributed by atoms with Gasteiger partial charge in [-0.05, 0) is 31.5 Å². The summed E-state index contributed by atoms with van der Waals surface area (Å²) >= 11 is 5.61. The molecular formula is C12H15ClN2O4. The van der Waals surface area contributed by atoms with Crippen molar-refractivity contribution in [3.63, 3.8) is 0 Å². The quantitative estimate of drug-likeness (QED) is 0.490. The maximum atomic E-state index is 11.4. The van der Waals surface area contributed by atoms with E-state index in [1.807, 2.05) is 0 Å². The number of hydrogen-bond acceptors (Lipinski definition) is 4. The maximum Gasteiger partial charge on any atom is 0.269 e. The number of carbonyl (C=O) groups is 1. The van der Waals surface area contributed by atoms with Crippen LogP contribution in [0.3, 0.4) is 0 Å². The van der Waals surface area contributed by atoms with Crippen molar-refractivity contribution < 1.29 is 14.8 Å². The fourth-order valence-electron chi connectivity index (χ4n) is 1.50. The van der Waals surface area contributed by atoms with Gasteiger partial charge < -0.3 is 10.4 Å². The van der Waals surface area contributed by atoms with Crippen LogP contribution in [-0.4, -0.2) is 27.4 Å². The highest BCUT2D eigenvalue weighted by Crippen LogP contribution is 2.20. The highest BCUT2D eigenvalue weighted by Gasteiger charge is 2.20. The van der Waals surface area contributed by atoms with Crippen LogP contribution in [-0.2, 0) is 4.79 Å². The van der Waals surface area contributed by atoms with Gasteiger partial charge in [-0.1, -0.05) is 0 Å². The normalized spacial score (nSPS) is 15.4. The van der Waals surface area contributed by atoms with Gasteiger partial charge in [0.2, 0.25) is 5.91 Å². The number of carbonyl (C=O) groups excluding carboxylic acids is 1. The minimum absolute atomic E-state index is 0.0537. The van der Waals surface area contributed by atoms with Gasteiger partial charge in [0.15, 0.2) is 0 Å². The van der Waals surface area contributed by atoms with Gasteiger partial charge in [0.05, 0.1) is 17.1 Å². The molecule has 19 heavy (non-hydrogen) atoms. The fourth-order valence-corrected chi connectivity index (χ4v) is 1.56. The van der Waals surface area contributed by atoms with E-state index in [0.29, 0.717) is 5.56 Å².